The van der Waals surface area contributed by atoms with Crippen molar-refractivity contribution < 1.29 is 18.3 Å². The van der Waals surface area contributed by atoms with Crippen LogP contribution in [-0.4, -0.2) is 43.3 Å². The molecule has 0 spiro atoms. The lowest BCUT2D eigenvalue weighted by molar-refractivity contribution is 0.281. The maximum atomic E-state index is 11.7. The van der Waals surface area contributed by atoms with Gasteiger partial charge >= 0.3 is 0 Å². The van der Waals surface area contributed by atoms with Crippen LogP contribution >= 0.6 is 38.5 Å². The van der Waals surface area contributed by atoms with E-state index in [0.717, 1.165) is 0 Å². The number of halogens is 2. The molecular formula is C14H17BrIN5O4S. The Kier molecular flexibility index (Phi) is 7.01. The van der Waals surface area contributed by atoms with Gasteiger partial charge in [-0.05, 0) is 51.5 Å². The number of hydrogen-bond acceptors (Lipinski definition) is 8. The van der Waals surface area contributed by atoms with Gasteiger partial charge in [0.1, 0.15) is 16.5 Å². The van der Waals surface area contributed by atoms with Crippen molar-refractivity contribution in [3.63, 3.8) is 0 Å². The number of ether oxygens (including phenoxy) is 1. The van der Waals surface area contributed by atoms with Crippen LogP contribution in [0.3, 0.4) is 0 Å². The Bertz CT molecular complexity index is 912. The number of aliphatic hydroxyl groups is 1. The average Bonchev–Trinajstić information content (AvgIpc) is 2.55. The molecule has 1 aromatic carbocycles. The molecule has 0 radical (unpaired) electrons. The number of primary sulfonamides is 1. The molecule has 2 rings (SSSR count). The second kappa shape index (κ2) is 8.65. The second-order valence-electron chi connectivity index (χ2n) is 5.28. The summed E-state index contributed by atoms with van der Waals surface area (Å²) < 4.78 is 29.6. The van der Waals surface area contributed by atoms with Crippen molar-refractivity contribution in [1.29, 1.82) is 0 Å². The number of rotatable bonds is 7. The number of benzene rings is 1. The Balaban J connectivity index is 2.37. The Labute approximate surface area is 173 Å². The minimum Gasteiger partial charge on any atom is -0.495 e. The highest BCUT2D eigenvalue weighted by Crippen LogP contribution is 2.33. The monoisotopic (exact) mass is 557 g/mol. The van der Waals surface area contributed by atoms with Crippen LogP contribution in [0.5, 0.6) is 5.75 Å². The largest absolute Gasteiger partial charge is 0.495 e. The molecule has 0 fully saturated rings. The lowest BCUT2D eigenvalue weighted by Gasteiger charge is -2.15. The predicted octanol–water partition coefficient (Wildman–Crippen LogP) is 2.04. The maximum Gasteiger partial charge on any atom is 0.242 e. The smallest absolute Gasteiger partial charge is 0.242 e. The number of nitrogens with one attached hydrogen (secondary N) is 2. The van der Waals surface area contributed by atoms with Gasteiger partial charge in [0.15, 0.2) is 0 Å². The van der Waals surface area contributed by atoms with Crippen molar-refractivity contribution in [2.24, 2.45) is 5.14 Å². The minimum absolute atomic E-state index is 0.0520. The van der Waals surface area contributed by atoms with Crippen LogP contribution in [0.4, 0.5) is 17.5 Å². The van der Waals surface area contributed by atoms with E-state index in [9.17, 15) is 8.42 Å². The van der Waals surface area contributed by atoms with E-state index < -0.39 is 10.0 Å². The molecular weight excluding hydrogens is 541 g/mol. The van der Waals surface area contributed by atoms with Crippen LogP contribution in [0.25, 0.3) is 0 Å². The number of aliphatic hydroxyl groups excluding tert-OH is 1. The summed E-state index contributed by atoms with van der Waals surface area (Å²) in [6.45, 7) is 1.75. The lowest BCUT2D eigenvalue weighted by Crippen LogP contribution is -2.20. The van der Waals surface area contributed by atoms with Crippen molar-refractivity contribution in [1.82, 2.24) is 9.97 Å². The van der Waals surface area contributed by atoms with Crippen LogP contribution in [0.15, 0.2) is 27.7 Å². The van der Waals surface area contributed by atoms with E-state index in [1.807, 2.05) is 22.6 Å². The summed E-state index contributed by atoms with van der Waals surface area (Å²) in [5.41, 5.74) is 0.530. The SMILES string of the molecule is COc1cc(Nc2ncc(Br)c(N[C@H](C)CO)n2)cc(I)c1S(N)(=O)=O. The van der Waals surface area contributed by atoms with E-state index in [-0.39, 0.29) is 29.2 Å². The normalized spacial score (nSPS) is 12.5. The first-order valence-electron chi connectivity index (χ1n) is 7.23. The third-order valence-electron chi connectivity index (χ3n) is 3.17. The van der Waals surface area contributed by atoms with E-state index in [4.69, 9.17) is 15.0 Å². The van der Waals surface area contributed by atoms with Crippen molar-refractivity contribution in [2.45, 2.75) is 17.9 Å². The molecule has 0 aliphatic rings. The van der Waals surface area contributed by atoms with Crippen LogP contribution in [0.2, 0.25) is 0 Å². The minimum atomic E-state index is -3.93. The molecule has 0 bridgehead atoms. The highest BCUT2D eigenvalue weighted by atomic mass is 127. The van der Waals surface area contributed by atoms with E-state index in [1.165, 1.54) is 13.2 Å². The van der Waals surface area contributed by atoms with E-state index in [2.05, 4.69) is 36.5 Å². The summed E-state index contributed by atoms with van der Waals surface area (Å²) in [7, 11) is -2.57. The molecule has 0 saturated heterocycles. The fourth-order valence-electron chi connectivity index (χ4n) is 2.00. The molecule has 1 atom stereocenters. The molecule has 2 aromatic rings. The zero-order valence-corrected chi connectivity index (χ0v) is 18.4. The number of methoxy groups -OCH3 is 1. The van der Waals surface area contributed by atoms with Gasteiger partial charge in [0.25, 0.3) is 0 Å². The van der Waals surface area contributed by atoms with Gasteiger partial charge in [-0.1, -0.05) is 0 Å². The van der Waals surface area contributed by atoms with Gasteiger partial charge in [0, 0.05) is 27.6 Å². The van der Waals surface area contributed by atoms with Crippen LogP contribution < -0.4 is 20.5 Å². The first-order chi connectivity index (χ1) is 12.2. The summed E-state index contributed by atoms with van der Waals surface area (Å²) >= 11 is 5.21. The van der Waals surface area contributed by atoms with Crippen LogP contribution in [0, 0.1) is 3.57 Å². The molecule has 0 amide bonds. The summed E-state index contributed by atoms with van der Waals surface area (Å²) in [4.78, 5) is 8.42. The summed E-state index contributed by atoms with van der Waals surface area (Å²) in [6, 6.07) is 2.90. The topological polar surface area (TPSA) is 139 Å². The number of nitrogens with zero attached hydrogens (tertiary/aromatic N) is 2. The van der Waals surface area contributed by atoms with Crippen molar-refractivity contribution >= 4 is 66.0 Å². The lowest BCUT2D eigenvalue weighted by atomic mass is 10.3. The van der Waals surface area contributed by atoms with Gasteiger partial charge in [0.2, 0.25) is 16.0 Å². The summed E-state index contributed by atoms with van der Waals surface area (Å²) in [6.07, 6.45) is 1.56. The number of nitrogens with two attached hydrogens (primary N) is 1. The number of sulfonamides is 1. The molecule has 26 heavy (non-hydrogen) atoms. The molecule has 1 aromatic heterocycles. The molecule has 5 N–H and O–H groups in total. The molecule has 12 heteroatoms. The summed E-state index contributed by atoms with van der Waals surface area (Å²) in [5, 5.41) is 20.4. The Morgan fingerprint density at radius 1 is 1.46 bits per heavy atom. The van der Waals surface area contributed by atoms with Crippen molar-refractivity contribution in [3.8, 4) is 5.75 Å². The molecule has 0 aliphatic heterocycles. The van der Waals surface area contributed by atoms with Crippen LogP contribution in [0.1, 0.15) is 6.92 Å². The van der Waals surface area contributed by atoms with Crippen molar-refractivity contribution in [3.05, 3.63) is 26.4 Å². The maximum absolute atomic E-state index is 11.7. The molecule has 0 saturated carbocycles. The summed E-state index contributed by atoms with van der Waals surface area (Å²) in [5.74, 6) is 0.903. The van der Waals surface area contributed by atoms with E-state index in [1.54, 1.807) is 19.2 Å². The van der Waals surface area contributed by atoms with Gasteiger partial charge < -0.3 is 20.5 Å². The predicted molar refractivity (Wildman–Crippen MR) is 110 cm³/mol. The van der Waals surface area contributed by atoms with Gasteiger partial charge in [-0.3, -0.25) is 0 Å². The number of anilines is 3. The standard InChI is InChI=1S/C14H17BrIN5O4S/c1-7(6-22)19-13-9(15)5-18-14(21-13)20-8-3-10(16)12(26(17,23)24)11(4-8)25-2/h3-5,7,22H,6H2,1-2H3,(H2,17,23,24)(H2,18,19,20,21)/t7-/m1/s1. The molecule has 1 heterocycles. The Morgan fingerprint density at radius 3 is 2.73 bits per heavy atom. The van der Waals surface area contributed by atoms with E-state index in [0.29, 0.717) is 19.5 Å². The quantitative estimate of drug-likeness (QED) is 0.379. The fraction of sp³-hybridized carbons (Fsp3) is 0.286. The Hall–Kier alpha value is -1.22. The zero-order chi connectivity index (χ0) is 19.5. The highest BCUT2D eigenvalue weighted by Gasteiger charge is 2.20. The van der Waals surface area contributed by atoms with Crippen molar-refractivity contribution in [2.75, 3.05) is 24.4 Å². The van der Waals surface area contributed by atoms with Gasteiger partial charge in [-0.2, -0.15) is 4.98 Å². The first kappa shape index (κ1) is 21.1. The second-order valence-corrected chi connectivity index (χ2v) is 8.79. The number of hydrogen-bond donors (Lipinski definition) is 4. The van der Waals surface area contributed by atoms with Gasteiger partial charge in [-0.25, -0.2) is 18.5 Å². The average molecular weight is 558 g/mol. The molecule has 0 aliphatic carbocycles. The van der Waals surface area contributed by atoms with Crippen LogP contribution in [-0.2, 0) is 10.0 Å². The molecule has 9 nitrogen and oxygen atoms in total. The highest BCUT2D eigenvalue weighted by molar-refractivity contribution is 14.1. The number of aromatic nitrogens is 2. The van der Waals surface area contributed by atoms with E-state index >= 15 is 0 Å². The zero-order valence-electron chi connectivity index (χ0n) is 13.8. The fourth-order valence-corrected chi connectivity index (χ4v) is 4.59. The first-order valence-corrected chi connectivity index (χ1v) is 10.6. The third-order valence-corrected chi connectivity index (χ3v) is 5.96. The Morgan fingerprint density at radius 2 is 2.15 bits per heavy atom. The van der Waals surface area contributed by atoms with Gasteiger partial charge in [-0.15, -0.1) is 0 Å². The van der Waals surface area contributed by atoms with Gasteiger partial charge in [0.05, 0.1) is 18.2 Å². The molecule has 142 valence electrons. The third kappa shape index (κ3) is 5.16. The molecule has 0 unspecified atom stereocenters.